The fourth-order valence-electron chi connectivity index (χ4n) is 4.37. The van der Waals surface area contributed by atoms with E-state index in [0.717, 1.165) is 44.0 Å². The SMILES string of the molecule is O=C(C1CCCN(Cc2nc(-c3ccncc3)no2)C1)N1CCN(c2ncccn2)CC1. The van der Waals surface area contributed by atoms with Gasteiger partial charge in [0.1, 0.15) is 0 Å². The molecule has 5 heterocycles. The lowest BCUT2D eigenvalue weighted by Crippen LogP contribution is -2.52. The molecule has 0 saturated carbocycles. The Bertz CT molecular complexity index is 1020. The standard InChI is InChI=1S/C22H26N8O2/c31-21(29-11-13-30(14-12-29)22-24-6-2-7-25-22)18-3-1-10-28(15-18)16-19-26-20(27-32-19)17-4-8-23-9-5-17/h2,4-9,18H,1,3,10-16H2. The lowest BCUT2D eigenvalue weighted by Gasteiger charge is -2.38. The molecule has 32 heavy (non-hydrogen) atoms. The van der Waals surface area contributed by atoms with E-state index in [9.17, 15) is 4.79 Å². The molecule has 1 amide bonds. The van der Waals surface area contributed by atoms with E-state index in [1.807, 2.05) is 23.1 Å². The Hall–Kier alpha value is -3.40. The molecule has 2 saturated heterocycles. The maximum absolute atomic E-state index is 13.2. The molecular weight excluding hydrogens is 408 g/mol. The Kier molecular flexibility index (Phi) is 6.02. The minimum absolute atomic E-state index is 0.00543. The van der Waals surface area contributed by atoms with Gasteiger partial charge >= 0.3 is 0 Å². The van der Waals surface area contributed by atoms with Gasteiger partial charge in [-0.15, -0.1) is 0 Å². The van der Waals surface area contributed by atoms with E-state index in [2.05, 4.69) is 34.9 Å². The Morgan fingerprint density at radius 3 is 2.59 bits per heavy atom. The Morgan fingerprint density at radius 2 is 1.81 bits per heavy atom. The van der Waals surface area contributed by atoms with Crippen LogP contribution in [0.5, 0.6) is 0 Å². The number of hydrogen-bond donors (Lipinski definition) is 0. The molecule has 0 spiro atoms. The van der Waals surface area contributed by atoms with Crippen molar-refractivity contribution in [2.75, 3.05) is 44.2 Å². The summed E-state index contributed by atoms with van der Waals surface area (Å²) in [7, 11) is 0. The normalized spacial score (nSPS) is 19.8. The van der Waals surface area contributed by atoms with Crippen molar-refractivity contribution in [2.24, 2.45) is 5.92 Å². The molecule has 0 bridgehead atoms. The van der Waals surface area contributed by atoms with E-state index in [4.69, 9.17) is 4.52 Å². The number of carbonyl (C=O) groups excluding carboxylic acids is 1. The van der Waals surface area contributed by atoms with Gasteiger partial charge in [-0.3, -0.25) is 14.7 Å². The summed E-state index contributed by atoms with van der Waals surface area (Å²) in [5.41, 5.74) is 0.877. The second kappa shape index (κ2) is 9.39. The van der Waals surface area contributed by atoms with Gasteiger partial charge in [-0.2, -0.15) is 4.98 Å². The highest BCUT2D eigenvalue weighted by atomic mass is 16.5. The van der Waals surface area contributed by atoms with Crippen LogP contribution in [0.1, 0.15) is 18.7 Å². The monoisotopic (exact) mass is 434 g/mol. The summed E-state index contributed by atoms with van der Waals surface area (Å²) >= 11 is 0. The van der Waals surface area contributed by atoms with Crippen LogP contribution in [0, 0.1) is 5.92 Å². The van der Waals surface area contributed by atoms with Crippen molar-refractivity contribution in [3.63, 3.8) is 0 Å². The van der Waals surface area contributed by atoms with Crippen molar-refractivity contribution in [1.82, 2.24) is 34.9 Å². The highest BCUT2D eigenvalue weighted by Crippen LogP contribution is 2.22. The first-order valence-corrected chi connectivity index (χ1v) is 11.0. The molecule has 1 atom stereocenters. The molecule has 2 aliphatic heterocycles. The maximum atomic E-state index is 13.2. The number of carbonyl (C=O) groups is 1. The van der Waals surface area contributed by atoms with Crippen molar-refractivity contribution in [3.8, 4) is 11.4 Å². The fraction of sp³-hybridized carbons (Fsp3) is 0.455. The summed E-state index contributed by atoms with van der Waals surface area (Å²) in [6.07, 6.45) is 8.82. The second-order valence-corrected chi connectivity index (χ2v) is 8.18. The average Bonchev–Trinajstić information content (AvgIpc) is 3.33. The van der Waals surface area contributed by atoms with E-state index in [1.165, 1.54) is 0 Å². The molecule has 0 aliphatic carbocycles. The molecule has 10 nitrogen and oxygen atoms in total. The minimum Gasteiger partial charge on any atom is -0.339 e. The number of pyridine rings is 1. The summed E-state index contributed by atoms with van der Waals surface area (Å²) in [5.74, 6) is 2.11. The predicted molar refractivity (Wildman–Crippen MR) is 116 cm³/mol. The van der Waals surface area contributed by atoms with E-state index < -0.39 is 0 Å². The van der Waals surface area contributed by atoms with Crippen LogP contribution in [0.15, 0.2) is 47.5 Å². The van der Waals surface area contributed by atoms with Crippen LogP contribution in [0.2, 0.25) is 0 Å². The number of aromatic nitrogens is 5. The van der Waals surface area contributed by atoms with Crippen molar-refractivity contribution in [1.29, 1.82) is 0 Å². The summed E-state index contributed by atoms with van der Waals surface area (Å²) in [5, 5.41) is 4.08. The van der Waals surface area contributed by atoms with Gasteiger partial charge in [-0.25, -0.2) is 9.97 Å². The number of piperazine rings is 1. The zero-order valence-corrected chi connectivity index (χ0v) is 17.9. The van der Waals surface area contributed by atoms with E-state index in [-0.39, 0.29) is 11.8 Å². The minimum atomic E-state index is 0.00543. The van der Waals surface area contributed by atoms with Crippen LogP contribution >= 0.6 is 0 Å². The molecule has 0 aromatic carbocycles. The number of amides is 1. The van der Waals surface area contributed by atoms with Crippen LogP contribution in [-0.4, -0.2) is 80.1 Å². The third-order valence-electron chi connectivity index (χ3n) is 6.05. The zero-order chi connectivity index (χ0) is 21.8. The first kappa shape index (κ1) is 20.5. The molecule has 2 fully saturated rings. The highest BCUT2D eigenvalue weighted by molar-refractivity contribution is 5.79. The number of piperidine rings is 1. The number of nitrogens with zero attached hydrogens (tertiary/aromatic N) is 8. The molecule has 0 radical (unpaired) electrons. The number of rotatable bonds is 5. The first-order valence-electron chi connectivity index (χ1n) is 11.0. The fourth-order valence-corrected chi connectivity index (χ4v) is 4.37. The predicted octanol–water partition coefficient (Wildman–Crippen LogP) is 1.48. The Morgan fingerprint density at radius 1 is 1.03 bits per heavy atom. The molecule has 3 aromatic rings. The molecule has 0 N–H and O–H groups in total. The van der Waals surface area contributed by atoms with Crippen LogP contribution in [0.3, 0.4) is 0 Å². The summed E-state index contributed by atoms with van der Waals surface area (Å²) in [4.78, 5) is 36.7. The number of hydrogen-bond acceptors (Lipinski definition) is 9. The molecule has 1 unspecified atom stereocenters. The van der Waals surface area contributed by atoms with Gasteiger partial charge in [0.2, 0.25) is 23.6 Å². The maximum Gasteiger partial charge on any atom is 0.241 e. The van der Waals surface area contributed by atoms with Crippen LogP contribution in [-0.2, 0) is 11.3 Å². The van der Waals surface area contributed by atoms with Gasteiger partial charge < -0.3 is 14.3 Å². The molecular formula is C22H26N8O2. The van der Waals surface area contributed by atoms with Crippen LogP contribution in [0.4, 0.5) is 5.95 Å². The Balaban J connectivity index is 1.15. The average molecular weight is 435 g/mol. The van der Waals surface area contributed by atoms with Gasteiger partial charge in [0.15, 0.2) is 0 Å². The largest absolute Gasteiger partial charge is 0.339 e. The first-order chi connectivity index (χ1) is 15.8. The molecule has 10 heteroatoms. The quantitative estimate of drug-likeness (QED) is 0.590. The lowest BCUT2D eigenvalue weighted by molar-refractivity contribution is -0.137. The second-order valence-electron chi connectivity index (χ2n) is 8.18. The third-order valence-corrected chi connectivity index (χ3v) is 6.05. The zero-order valence-electron chi connectivity index (χ0n) is 17.9. The lowest BCUT2D eigenvalue weighted by atomic mass is 9.96. The molecule has 5 rings (SSSR count). The van der Waals surface area contributed by atoms with E-state index >= 15 is 0 Å². The third kappa shape index (κ3) is 4.59. The van der Waals surface area contributed by atoms with Gasteiger partial charge in [-0.1, -0.05) is 5.16 Å². The smallest absolute Gasteiger partial charge is 0.241 e. The van der Waals surface area contributed by atoms with Gasteiger partial charge in [0.25, 0.3) is 0 Å². The van der Waals surface area contributed by atoms with E-state index in [1.54, 1.807) is 24.8 Å². The molecule has 166 valence electrons. The Labute approximate surface area is 186 Å². The van der Waals surface area contributed by atoms with E-state index in [0.29, 0.717) is 37.9 Å². The van der Waals surface area contributed by atoms with Crippen molar-refractivity contribution >= 4 is 11.9 Å². The summed E-state index contributed by atoms with van der Waals surface area (Å²) in [6.45, 7) is 5.11. The highest BCUT2D eigenvalue weighted by Gasteiger charge is 2.32. The van der Waals surface area contributed by atoms with Gasteiger partial charge in [-0.05, 0) is 37.6 Å². The van der Waals surface area contributed by atoms with Gasteiger partial charge in [0, 0.05) is 63.1 Å². The van der Waals surface area contributed by atoms with Crippen molar-refractivity contribution in [2.45, 2.75) is 19.4 Å². The molecule has 3 aromatic heterocycles. The van der Waals surface area contributed by atoms with Crippen molar-refractivity contribution in [3.05, 3.63) is 48.9 Å². The molecule has 2 aliphatic rings. The number of anilines is 1. The topological polar surface area (TPSA) is 104 Å². The van der Waals surface area contributed by atoms with Crippen LogP contribution in [0.25, 0.3) is 11.4 Å². The van der Waals surface area contributed by atoms with Crippen molar-refractivity contribution < 1.29 is 9.32 Å². The number of likely N-dealkylation sites (tertiary alicyclic amines) is 1. The van der Waals surface area contributed by atoms with Crippen LogP contribution < -0.4 is 4.90 Å². The van der Waals surface area contributed by atoms with Gasteiger partial charge in [0.05, 0.1) is 12.5 Å². The summed E-state index contributed by atoms with van der Waals surface area (Å²) in [6, 6.07) is 5.52. The summed E-state index contributed by atoms with van der Waals surface area (Å²) < 4.78 is 5.45.